The first-order valence-corrected chi connectivity index (χ1v) is 7.37. The van der Waals surface area contributed by atoms with E-state index in [0.717, 1.165) is 6.07 Å². The Kier molecular flexibility index (Phi) is 4.25. The van der Waals surface area contributed by atoms with Gasteiger partial charge in [-0.05, 0) is 13.0 Å². The molecule has 3 rings (SSSR count). The molecule has 0 aliphatic rings. The van der Waals surface area contributed by atoms with E-state index in [2.05, 4.69) is 10.3 Å². The number of phenolic OH excluding ortho intramolecular Hbond substituents is 2. The van der Waals surface area contributed by atoms with Crippen LogP contribution in [-0.4, -0.2) is 27.9 Å². The molecule has 8 nitrogen and oxygen atoms in total. The molecule has 0 radical (unpaired) electrons. The highest BCUT2D eigenvalue weighted by Gasteiger charge is 2.19. The van der Waals surface area contributed by atoms with Gasteiger partial charge in [0.05, 0.1) is 29.4 Å². The van der Waals surface area contributed by atoms with Gasteiger partial charge in [0.1, 0.15) is 17.3 Å². The molecule has 0 spiro atoms. The number of aromatic nitrogens is 1. The number of anilines is 1. The minimum absolute atomic E-state index is 0.00907. The molecular weight excluding hydrogens is 328 g/mol. The van der Waals surface area contributed by atoms with Crippen LogP contribution in [0.2, 0.25) is 0 Å². The Labute approximate surface area is 141 Å². The zero-order valence-corrected chi connectivity index (χ0v) is 13.1. The predicted octanol–water partition coefficient (Wildman–Crippen LogP) is 2.83. The molecule has 25 heavy (non-hydrogen) atoms. The van der Waals surface area contributed by atoms with Gasteiger partial charge in [0.15, 0.2) is 11.0 Å². The number of aromatic hydroxyl groups is 2. The van der Waals surface area contributed by atoms with Gasteiger partial charge in [-0.15, -0.1) is 0 Å². The number of nitrogens with zero attached hydrogens (tertiary/aromatic N) is 1. The van der Waals surface area contributed by atoms with Crippen molar-refractivity contribution >= 4 is 22.7 Å². The van der Waals surface area contributed by atoms with Crippen molar-refractivity contribution in [2.45, 2.75) is 6.92 Å². The third-order valence-electron chi connectivity index (χ3n) is 3.39. The molecular formula is C17H14N2O6. The van der Waals surface area contributed by atoms with Crippen molar-refractivity contribution in [1.82, 2.24) is 4.98 Å². The third-order valence-corrected chi connectivity index (χ3v) is 3.39. The maximum absolute atomic E-state index is 12.3. The number of carbonyl (C=O) groups excluding carboxylic acids is 1. The second kappa shape index (κ2) is 6.52. The SMILES string of the molecule is CCOC(=O)Nc1cc(O)cc(O)c1-c1cc(=O)c2ccncc2o1. The molecule has 0 aliphatic heterocycles. The summed E-state index contributed by atoms with van der Waals surface area (Å²) in [6.45, 7) is 1.78. The lowest BCUT2D eigenvalue weighted by molar-refractivity contribution is 0.168. The van der Waals surface area contributed by atoms with Gasteiger partial charge in [-0.25, -0.2) is 4.79 Å². The lowest BCUT2D eigenvalue weighted by Crippen LogP contribution is -2.14. The van der Waals surface area contributed by atoms with E-state index in [9.17, 15) is 19.8 Å². The maximum atomic E-state index is 12.3. The quantitative estimate of drug-likeness (QED) is 0.669. The zero-order chi connectivity index (χ0) is 18.0. The van der Waals surface area contributed by atoms with Gasteiger partial charge in [-0.1, -0.05) is 0 Å². The van der Waals surface area contributed by atoms with Crippen molar-refractivity contribution in [1.29, 1.82) is 0 Å². The van der Waals surface area contributed by atoms with E-state index in [1.165, 1.54) is 30.6 Å². The minimum Gasteiger partial charge on any atom is -0.508 e. The summed E-state index contributed by atoms with van der Waals surface area (Å²) in [7, 11) is 0. The Morgan fingerprint density at radius 3 is 2.88 bits per heavy atom. The number of rotatable bonds is 3. The van der Waals surface area contributed by atoms with Crippen LogP contribution in [0.15, 0.2) is 45.9 Å². The van der Waals surface area contributed by atoms with Crippen LogP contribution in [0.25, 0.3) is 22.3 Å². The maximum Gasteiger partial charge on any atom is 0.411 e. The van der Waals surface area contributed by atoms with E-state index in [-0.39, 0.29) is 46.1 Å². The minimum atomic E-state index is -0.779. The number of fused-ring (bicyclic) bond motifs is 1. The molecule has 8 heteroatoms. The van der Waals surface area contributed by atoms with E-state index in [4.69, 9.17) is 9.15 Å². The van der Waals surface area contributed by atoms with Crippen molar-refractivity contribution in [2.75, 3.05) is 11.9 Å². The molecule has 0 aliphatic carbocycles. The number of carbonyl (C=O) groups is 1. The molecule has 3 N–H and O–H groups in total. The number of hydrogen-bond acceptors (Lipinski definition) is 7. The highest BCUT2D eigenvalue weighted by Crippen LogP contribution is 2.39. The lowest BCUT2D eigenvalue weighted by atomic mass is 10.1. The molecule has 2 aromatic heterocycles. The number of hydrogen-bond donors (Lipinski definition) is 3. The zero-order valence-electron chi connectivity index (χ0n) is 13.1. The smallest absolute Gasteiger partial charge is 0.411 e. The summed E-state index contributed by atoms with van der Waals surface area (Å²) < 4.78 is 10.4. The van der Waals surface area contributed by atoms with E-state index >= 15 is 0 Å². The van der Waals surface area contributed by atoms with Crippen molar-refractivity contribution in [3.8, 4) is 22.8 Å². The lowest BCUT2D eigenvalue weighted by Gasteiger charge is -2.13. The Bertz CT molecular complexity index is 1010. The Morgan fingerprint density at radius 1 is 1.32 bits per heavy atom. The molecule has 128 valence electrons. The predicted molar refractivity (Wildman–Crippen MR) is 89.7 cm³/mol. The van der Waals surface area contributed by atoms with Crippen LogP contribution in [0, 0.1) is 0 Å². The van der Waals surface area contributed by atoms with Crippen LogP contribution < -0.4 is 10.7 Å². The molecule has 1 amide bonds. The molecule has 0 unspecified atom stereocenters. The largest absolute Gasteiger partial charge is 0.508 e. The first-order valence-electron chi connectivity index (χ1n) is 7.37. The van der Waals surface area contributed by atoms with Crippen LogP contribution in [0.1, 0.15) is 6.92 Å². The van der Waals surface area contributed by atoms with Crippen molar-refractivity contribution in [3.05, 3.63) is 46.9 Å². The van der Waals surface area contributed by atoms with Gasteiger partial charge in [0, 0.05) is 24.4 Å². The van der Waals surface area contributed by atoms with E-state index in [1.807, 2.05) is 0 Å². The summed E-state index contributed by atoms with van der Waals surface area (Å²) in [5.41, 5.74) is -0.0520. The molecule has 0 saturated carbocycles. The van der Waals surface area contributed by atoms with Gasteiger partial charge in [-0.3, -0.25) is 15.1 Å². The van der Waals surface area contributed by atoms with Crippen LogP contribution in [0.4, 0.5) is 10.5 Å². The fraction of sp³-hybridized carbons (Fsp3) is 0.118. The van der Waals surface area contributed by atoms with Gasteiger partial charge >= 0.3 is 6.09 Å². The Hall–Kier alpha value is -3.55. The average Bonchev–Trinajstić information content (AvgIpc) is 2.54. The summed E-state index contributed by atoms with van der Waals surface area (Å²) in [4.78, 5) is 27.9. The number of benzene rings is 1. The standard InChI is InChI=1S/C17H14N2O6/c1-2-24-17(23)19-11-5-9(20)6-13(22)16(11)14-7-12(21)10-3-4-18-8-15(10)25-14/h3-8,20,22H,2H2,1H3,(H,19,23). The highest BCUT2D eigenvalue weighted by atomic mass is 16.5. The third kappa shape index (κ3) is 3.23. The molecule has 0 saturated heterocycles. The van der Waals surface area contributed by atoms with Gasteiger partial charge < -0.3 is 19.4 Å². The Morgan fingerprint density at radius 2 is 2.12 bits per heavy atom. The summed E-state index contributed by atoms with van der Waals surface area (Å²) in [5, 5.41) is 22.6. The normalized spacial score (nSPS) is 10.6. The highest BCUT2D eigenvalue weighted by molar-refractivity contribution is 5.93. The molecule has 3 aromatic rings. The summed E-state index contributed by atoms with van der Waals surface area (Å²) in [5.74, 6) is -0.647. The first kappa shape index (κ1) is 16.3. The molecule has 0 atom stereocenters. The van der Waals surface area contributed by atoms with Crippen molar-refractivity contribution < 1.29 is 24.2 Å². The Balaban J connectivity index is 2.19. The summed E-state index contributed by atoms with van der Waals surface area (Å²) >= 11 is 0. The van der Waals surface area contributed by atoms with Crippen LogP contribution >= 0.6 is 0 Å². The van der Waals surface area contributed by atoms with Gasteiger partial charge in [0.2, 0.25) is 0 Å². The average molecular weight is 342 g/mol. The van der Waals surface area contributed by atoms with Crippen LogP contribution in [0.3, 0.4) is 0 Å². The second-order valence-electron chi connectivity index (χ2n) is 5.08. The molecule has 0 fully saturated rings. The van der Waals surface area contributed by atoms with Gasteiger partial charge in [0.25, 0.3) is 0 Å². The van der Waals surface area contributed by atoms with Crippen molar-refractivity contribution in [3.63, 3.8) is 0 Å². The fourth-order valence-electron chi connectivity index (χ4n) is 2.38. The number of amides is 1. The number of ether oxygens (including phenoxy) is 1. The fourth-order valence-corrected chi connectivity index (χ4v) is 2.38. The summed E-state index contributed by atoms with van der Waals surface area (Å²) in [6.07, 6.45) is 2.06. The molecule has 2 heterocycles. The molecule has 0 bridgehead atoms. The van der Waals surface area contributed by atoms with Crippen LogP contribution in [0.5, 0.6) is 11.5 Å². The molecule has 1 aromatic carbocycles. The van der Waals surface area contributed by atoms with E-state index < -0.39 is 6.09 Å². The monoisotopic (exact) mass is 342 g/mol. The van der Waals surface area contributed by atoms with E-state index in [1.54, 1.807) is 6.92 Å². The number of pyridine rings is 1. The van der Waals surface area contributed by atoms with E-state index in [0.29, 0.717) is 5.39 Å². The van der Waals surface area contributed by atoms with Crippen molar-refractivity contribution in [2.24, 2.45) is 0 Å². The topological polar surface area (TPSA) is 122 Å². The second-order valence-corrected chi connectivity index (χ2v) is 5.08. The number of phenols is 2. The first-order chi connectivity index (χ1) is 12.0. The summed E-state index contributed by atoms with van der Waals surface area (Å²) in [6, 6.07) is 4.97. The van der Waals surface area contributed by atoms with Crippen LogP contribution in [-0.2, 0) is 4.74 Å². The van der Waals surface area contributed by atoms with Gasteiger partial charge in [-0.2, -0.15) is 0 Å². The number of nitrogens with one attached hydrogen (secondary N) is 1.